The Morgan fingerprint density at radius 2 is 1.86 bits per heavy atom. The fourth-order valence-electron chi connectivity index (χ4n) is 2.14. The Labute approximate surface area is 144 Å². The molecule has 1 atom stereocenters. The predicted molar refractivity (Wildman–Crippen MR) is 90.8 cm³/mol. The number of nitrogens with one attached hydrogen (secondary N) is 1. The summed E-state index contributed by atoms with van der Waals surface area (Å²) in [5, 5.41) is 3.24. The van der Waals surface area contributed by atoms with Gasteiger partial charge in [-0.1, -0.05) is 22.9 Å². The first-order valence-electron chi connectivity index (χ1n) is 6.63. The first-order valence-corrected chi connectivity index (χ1v) is 9.03. The second-order valence-electron chi connectivity index (χ2n) is 4.70. The number of thiophene rings is 1. The number of hydrogen-bond acceptors (Lipinski definition) is 2. The van der Waals surface area contributed by atoms with Crippen molar-refractivity contribution in [2.24, 2.45) is 0 Å². The van der Waals surface area contributed by atoms with E-state index in [-0.39, 0.29) is 11.6 Å². The molecule has 114 valence electrons. The molecule has 21 heavy (non-hydrogen) atoms. The van der Waals surface area contributed by atoms with Crippen LogP contribution in [0.25, 0.3) is 0 Å². The molecule has 0 aliphatic rings. The highest BCUT2D eigenvalue weighted by Gasteiger charge is 2.21. The SMILES string of the molecule is CCCNC(Cc1ccc(Br)s1)c1c(F)cc(Br)cc1F. The van der Waals surface area contributed by atoms with Gasteiger partial charge in [-0.3, -0.25) is 0 Å². The molecule has 0 aliphatic carbocycles. The molecule has 1 aromatic carbocycles. The highest BCUT2D eigenvalue weighted by Crippen LogP contribution is 2.30. The molecule has 6 heteroatoms. The van der Waals surface area contributed by atoms with Crippen molar-refractivity contribution in [3.05, 3.63) is 54.6 Å². The summed E-state index contributed by atoms with van der Waals surface area (Å²) < 4.78 is 29.8. The predicted octanol–water partition coefficient (Wildman–Crippen LogP) is 5.83. The lowest BCUT2D eigenvalue weighted by molar-refractivity contribution is 0.465. The van der Waals surface area contributed by atoms with Gasteiger partial charge in [0.05, 0.1) is 3.79 Å². The number of rotatable bonds is 6. The molecule has 2 aromatic rings. The average molecular weight is 439 g/mol. The monoisotopic (exact) mass is 437 g/mol. The molecule has 0 fully saturated rings. The summed E-state index contributed by atoms with van der Waals surface area (Å²) in [7, 11) is 0. The van der Waals surface area contributed by atoms with Crippen LogP contribution in [0, 0.1) is 11.6 Å². The van der Waals surface area contributed by atoms with Crippen molar-refractivity contribution in [2.75, 3.05) is 6.54 Å². The Kier molecular flexibility index (Phi) is 6.34. The van der Waals surface area contributed by atoms with Gasteiger partial charge < -0.3 is 5.32 Å². The zero-order chi connectivity index (χ0) is 15.4. The molecule has 1 heterocycles. The van der Waals surface area contributed by atoms with Gasteiger partial charge in [0, 0.05) is 27.4 Å². The molecule has 0 bridgehead atoms. The Morgan fingerprint density at radius 1 is 1.19 bits per heavy atom. The van der Waals surface area contributed by atoms with Crippen LogP contribution >= 0.6 is 43.2 Å². The average Bonchev–Trinajstić information content (AvgIpc) is 2.80. The van der Waals surface area contributed by atoms with Gasteiger partial charge in [0.2, 0.25) is 0 Å². The Bertz CT molecular complexity index is 592. The Hall–Kier alpha value is -0.300. The van der Waals surface area contributed by atoms with Crippen LogP contribution in [0.3, 0.4) is 0 Å². The van der Waals surface area contributed by atoms with E-state index in [1.165, 1.54) is 12.1 Å². The van der Waals surface area contributed by atoms with Gasteiger partial charge in [0.1, 0.15) is 11.6 Å². The fourth-order valence-corrected chi connectivity index (χ4v) is 4.07. The molecule has 1 aromatic heterocycles. The summed E-state index contributed by atoms with van der Waals surface area (Å²) in [5.41, 5.74) is 0.108. The van der Waals surface area contributed by atoms with Crippen LogP contribution < -0.4 is 5.32 Å². The molecule has 0 spiro atoms. The van der Waals surface area contributed by atoms with Gasteiger partial charge in [0.15, 0.2) is 0 Å². The summed E-state index contributed by atoms with van der Waals surface area (Å²) in [6, 6.07) is 6.17. The molecular weight excluding hydrogens is 424 g/mol. The second kappa shape index (κ2) is 7.81. The van der Waals surface area contributed by atoms with Crippen molar-refractivity contribution >= 4 is 43.2 Å². The molecule has 1 unspecified atom stereocenters. The summed E-state index contributed by atoms with van der Waals surface area (Å²) in [6.07, 6.45) is 1.47. The van der Waals surface area contributed by atoms with Crippen LogP contribution in [0.2, 0.25) is 0 Å². The smallest absolute Gasteiger partial charge is 0.132 e. The highest BCUT2D eigenvalue weighted by molar-refractivity contribution is 9.11. The van der Waals surface area contributed by atoms with Crippen LogP contribution in [0.15, 0.2) is 32.5 Å². The lowest BCUT2D eigenvalue weighted by atomic mass is 10.0. The van der Waals surface area contributed by atoms with E-state index in [1.54, 1.807) is 11.3 Å². The molecule has 0 radical (unpaired) electrons. The third-order valence-electron chi connectivity index (χ3n) is 3.07. The van der Waals surface area contributed by atoms with Crippen LogP contribution in [0.4, 0.5) is 8.78 Å². The van der Waals surface area contributed by atoms with E-state index in [0.29, 0.717) is 17.4 Å². The van der Waals surface area contributed by atoms with E-state index in [2.05, 4.69) is 37.2 Å². The van der Waals surface area contributed by atoms with E-state index in [4.69, 9.17) is 0 Å². The topological polar surface area (TPSA) is 12.0 Å². The van der Waals surface area contributed by atoms with Crippen molar-refractivity contribution < 1.29 is 8.78 Å². The minimum atomic E-state index is -0.522. The van der Waals surface area contributed by atoms with E-state index in [0.717, 1.165) is 15.1 Å². The fraction of sp³-hybridized carbons (Fsp3) is 0.333. The summed E-state index contributed by atoms with van der Waals surface area (Å²) >= 11 is 8.11. The minimum Gasteiger partial charge on any atom is -0.309 e. The molecule has 0 saturated heterocycles. The Balaban J connectivity index is 2.31. The zero-order valence-electron chi connectivity index (χ0n) is 11.4. The molecular formula is C15H15Br2F2NS. The quantitative estimate of drug-likeness (QED) is 0.597. The number of halogens is 4. The van der Waals surface area contributed by atoms with Crippen molar-refractivity contribution in [1.29, 1.82) is 0 Å². The molecule has 0 saturated carbocycles. The van der Waals surface area contributed by atoms with E-state index < -0.39 is 11.6 Å². The maximum atomic E-state index is 14.2. The van der Waals surface area contributed by atoms with Crippen LogP contribution in [0.1, 0.15) is 29.8 Å². The van der Waals surface area contributed by atoms with Gasteiger partial charge in [-0.05, 0) is 53.2 Å². The van der Waals surface area contributed by atoms with Gasteiger partial charge >= 0.3 is 0 Å². The van der Waals surface area contributed by atoms with E-state index in [1.807, 2.05) is 19.1 Å². The molecule has 1 N–H and O–H groups in total. The van der Waals surface area contributed by atoms with Gasteiger partial charge in [0.25, 0.3) is 0 Å². The lowest BCUT2D eigenvalue weighted by Gasteiger charge is -2.20. The summed E-state index contributed by atoms with van der Waals surface area (Å²) in [5.74, 6) is -1.04. The van der Waals surface area contributed by atoms with Gasteiger partial charge in [-0.2, -0.15) is 0 Å². The van der Waals surface area contributed by atoms with Crippen molar-refractivity contribution in [3.63, 3.8) is 0 Å². The number of benzene rings is 1. The van der Waals surface area contributed by atoms with Crippen LogP contribution in [-0.2, 0) is 6.42 Å². The lowest BCUT2D eigenvalue weighted by Crippen LogP contribution is -2.25. The van der Waals surface area contributed by atoms with E-state index in [9.17, 15) is 8.78 Å². The van der Waals surface area contributed by atoms with Crippen molar-refractivity contribution in [3.8, 4) is 0 Å². The van der Waals surface area contributed by atoms with Crippen LogP contribution in [0.5, 0.6) is 0 Å². The third-order valence-corrected chi connectivity index (χ3v) is 5.17. The molecule has 0 amide bonds. The van der Waals surface area contributed by atoms with Crippen LogP contribution in [-0.4, -0.2) is 6.54 Å². The molecule has 1 nitrogen and oxygen atoms in total. The second-order valence-corrected chi connectivity index (χ2v) is 8.16. The largest absolute Gasteiger partial charge is 0.309 e. The Morgan fingerprint density at radius 3 is 2.38 bits per heavy atom. The van der Waals surface area contributed by atoms with E-state index >= 15 is 0 Å². The molecule has 0 aliphatic heterocycles. The zero-order valence-corrected chi connectivity index (χ0v) is 15.4. The number of hydrogen-bond donors (Lipinski definition) is 1. The highest BCUT2D eigenvalue weighted by atomic mass is 79.9. The maximum absolute atomic E-state index is 14.2. The third kappa shape index (κ3) is 4.58. The van der Waals surface area contributed by atoms with Crippen molar-refractivity contribution in [1.82, 2.24) is 5.32 Å². The normalized spacial score (nSPS) is 12.6. The first kappa shape index (κ1) is 17.1. The standard InChI is InChI=1S/C15H15Br2F2NS/c1-2-5-20-13(8-10-3-4-14(17)21-10)15-11(18)6-9(16)7-12(15)19/h3-4,6-7,13,20H,2,5,8H2,1H3. The minimum absolute atomic E-state index is 0.108. The summed E-state index contributed by atoms with van der Waals surface area (Å²) in [6.45, 7) is 2.74. The molecule has 2 rings (SSSR count). The van der Waals surface area contributed by atoms with Gasteiger partial charge in [-0.25, -0.2) is 8.78 Å². The maximum Gasteiger partial charge on any atom is 0.132 e. The first-order chi connectivity index (χ1) is 10.0. The van der Waals surface area contributed by atoms with Crippen molar-refractivity contribution in [2.45, 2.75) is 25.8 Å². The van der Waals surface area contributed by atoms with Gasteiger partial charge in [-0.15, -0.1) is 11.3 Å². The summed E-state index contributed by atoms with van der Waals surface area (Å²) in [4.78, 5) is 1.08.